The summed E-state index contributed by atoms with van der Waals surface area (Å²) in [4.78, 5) is 4.45. The highest BCUT2D eigenvalue weighted by Gasteiger charge is 2.22. The minimum Gasteiger partial charge on any atom is -0.493 e. The molecule has 1 aliphatic heterocycles. The summed E-state index contributed by atoms with van der Waals surface area (Å²) in [5.74, 6) is 1.11. The van der Waals surface area contributed by atoms with E-state index in [1.54, 1.807) is 0 Å². The molecule has 1 aromatic heterocycles. The van der Waals surface area contributed by atoms with Gasteiger partial charge >= 0.3 is 0 Å². The zero-order chi connectivity index (χ0) is 11.1. The zero-order valence-electron chi connectivity index (χ0n) is 10.1. The number of hydrogen-bond acceptors (Lipinski definition) is 2. The van der Waals surface area contributed by atoms with Gasteiger partial charge in [0.05, 0.1) is 6.61 Å². The second-order valence-corrected chi connectivity index (χ2v) is 5.51. The molecular formula is C13H19NO. The molecule has 2 heteroatoms. The molecule has 1 aliphatic rings. The summed E-state index contributed by atoms with van der Waals surface area (Å²) >= 11 is 0. The maximum Gasteiger partial charge on any atom is 0.129 e. The van der Waals surface area contributed by atoms with Crippen LogP contribution in [0.1, 0.15) is 37.6 Å². The lowest BCUT2D eigenvalue weighted by Crippen LogP contribution is -2.10. The first-order chi connectivity index (χ1) is 6.97. The molecule has 0 saturated carbocycles. The maximum absolute atomic E-state index is 5.72. The Morgan fingerprint density at radius 1 is 1.40 bits per heavy atom. The normalized spacial score (nSPS) is 14.9. The van der Waals surface area contributed by atoms with Gasteiger partial charge in [0.1, 0.15) is 5.75 Å². The predicted octanol–water partition coefficient (Wildman–Crippen LogP) is 2.91. The van der Waals surface area contributed by atoms with Crippen LogP contribution in [0.4, 0.5) is 0 Å². The van der Waals surface area contributed by atoms with E-state index in [1.165, 1.54) is 11.1 Å². The second kappa shape index (κ2) is 3.51. The fourth-order valence-electron chi connectivity index (χ4n) is 2.10. The van der Waals surface area contributed by atoms with Crippen LogP contribution < -0.4 is 4.74 Å². The van der Waals surface area contributed by atoms with Gasteiger partial charge in [0.2, 0.25) is 0 Å². The molecule has 0 fully saturated rings. The second-order valence-electron chi connectivity index (χ2n) is 5.51. The first-order valence-corrected chi connectivity index (χ1v) is 5.57. The number of pyridine rings is 1. The molecule has 0 unspecified atom stereocenters. The Balaban J connectivity index is 2.38. The highest BCUT2D eigenvalue weighted by atomic mass is 16.5. The van der Waals surface area contributed by atoms with Gasteiger partial charge in [0.15, 0.2) is 0 Å². The van der Waals surface area contributed by atoms with Crippen molar-refractivity contribution in [2.45, 2.75) is 40.5 Å². The van der Waals surface area contributed by atoms with E-state index in [0.29, 0.717) is 0 Å². The van der Waals surface area contributed by atoms with Gasteiger partial charge in [0.25, 0.3) is 0 Å². The van der Waals surface area contributed by atoms with Crippen LogP contribution in [0.3, 0.4) is 0 Å². The molecule has 0 radical (unpaired) electrons. The van der Waals surface area contributed by atoms with Crippen LogP contribution in [0.15, 0.2) is 6.20 Å². The Kier molecular flexibility index (Phi) is 2.45. The molecule has 82 valence electrons. The van der Waals surface area contributed by atoms with E-state index >= 15 is 0 Å². The molecule has 1 aromatic rings. The molecule has 0 saturated heterocycles. The lowest BCUT2D eigenvalue weighted by Gasteiger charge is -2.19. The highest BCUT2D eigenvalue weighted by Crippen LogP contribution is 2.34. The van der Waals surface area contributed by atoms with Crippen LogP contribution in [0, 0.1) is 12.3 Å². The summed E-state index contributed by atoms with van der Waals surface area (Å²) in [6.45, 7) is 9.62. The van der Waals surface area contributed by atoms with Crippen LogP contribution >= 0.6 is 0 Å². The van der Waals surface area contributed by atoms with Crippen molar-refractivity contribution in [2.75, 3.05) is 6.61 Å². The van der Waals surface area contributed by atoms with Crippen LogP contribution in [-0.4, -0.2) is 11.6 Å². The van der Waals surface area contributed by atoms with Gasteiger partial charge in [-0.2, -0.15) is 0 Å². The van der Waals surface area contributed by atoms with Crippen molar-refractivity contribution < 1.29 is 4.74 Å². The third kappa shape index (κ3) is 2.14. The minimum atomic E-state index is 0.288. The Morgan fingerprint density at radius 2 is 2.13 bits per heavy atom. The molecule has 0 atom stereocenters. The van der Waals surface area contributed by atoms with Crippen LogP contribution in [-0.2, 0) is 12.8 Å². The summed E-state index contributed by atoms with van der Waals surface area (Å²) in [5.41, 5.74) is 3.99. The van der Waals surface area contributed by atoms with Gasteiger partial charge < -0.3 is 4.74 Å². The van der Waals surface area contributed by atoms with Gasteiger partial charge in [-0.1, -0.05) is 20.8 Å². The number of hydrogen-bond donors (Lipinski definition) is 0. The SMILES string of the molecule is Cc1ncc(CC(C)(C)C)c2c1CCO2. The van der Waals surface area contributed by atoms with Crippen molar-refractivity contribution in [3.8, 4) is 5.75 Å². The van der Waals surface area contributed by atoms with Crippen molar-refractivity contribution in [3.05, 3.63) is 23.0 Å². The van der Waals surface area contributed by atoms with Crippen molar-refractivity contribution in [1.82, 2.24) is 4.98 Å². The summed E-state index contributed by atoms with van der Waals surface area (Å²) in [5, 5.41) is 0. The number of aryl methyl sites for hydroxylation is 1. The van der Waals surface area contributed by atoms with Crippen molar-refractivity contribution in [2.24, 2.45) is 5.41 Å². The van der Waals surface area contributed by atoms with Gasteiger partial charge in [0, 0.05) is 29.4 Å². The fourth-order valence-corrected chi connectivity index (χ4v) is 2.10. The summed E-state index contributed by atoms with van der Waals surface area (Å²) < 4.78 is 5.72. The molecule has 0 aromatic carbocycles. The number of rotatable bonds is 1. The molecule has 0 spiro atoms. The lowest BCUT2D eigenvalue weighted by atomic mass is 9.88. The fraction of sp³-hybridized carbons (Fsp3) is 0.615. The topological polar surface area (TPSA) is 22.1 Å². The summed E-state index contributed by atoms with van der Waals surface area (Å²) in [6, 6.07) is 0. The molecule has 2 heterocycles. The number of fused-ring (bicyclic) bond motifs is 1. The molecule has 0 N–H and O–H groups in total. The quantitative estimate of drug-likeness (QED) is 0.703. The smallest absolute Gasteiger partial charge is 0.129 e. The Bertz CT molecular complexity index is 377. The van der Waals surface area contributed by atoms with E-state index in [1.807, 2.05) is 6.20 Å². The average Bonchev–Trinajstić information content (AvgIpc) is 2.57. The first kappa shape index (κ1) is 10.5. The standard InChI is InChI=1S/C13H19NO/c1-9-11-5-6-15-12(11)10(8-14-9)7-13(2,3)4/h8H,5-7H2,1-4H3. The predicted molar refractivity (Wildman–Crippen MR) is 61.3 cm³/mol. The van der Waals surface area contributed by atoms with Crippen molar-refractivity contribution in [3.63, 3.8) is 0 Å². The van der Waals surface area contributed by atoms with Gasteiger partial charge in [-0.3, -0.25) is 4.98 Å². The van der Waals surface area contributed by atoms with Gasteiger partial charge in [-0.15, -0.1) is 0 Å². The van der Waals surface area contributed by atoms with E-state index in [4.69, 9.17) is 4.74 Å². The third-order valence-corrected chi connectivity index (χ3v) is 2.74. The molecule has 2 rings (SSSR count). The van der Waals surface area contributed by atoms with Crippen LogP contribution in [0.2, 0.25) is 0 Å². The summed E-state index contributed by atoms with van der Waals surface area (Å²) in [6.07, 6.45) is 4.03. The number of nitrogens with zero attached hydrogens (tertiary/aromatic N) is 1. The number of aromatic nitrogens is 1. The van der Waals surface area contributed by atoms with Crippen LogP contribution in [0.5, 0.6) is 5.75 Å². The molecule has 0 amide bonds. The third-order valence-electron chi connectivity index (χ3n) is 2.74. The van der Waals surface area contributed by atoms with E-state index in [2.05, 4.69) is 32.7 Å². The largest absolute Gasteiger partial charge is 0.493 e. The Labute approximate surface area is 91.7 Å². The van der Waals surface area contributed by atoms with Crippen molar-refractivity contribution >= 4 is 0 Å². The molecule has 2 nitrogen and oxygen atoms in total. The molecule has 0 bridgehead atoms. The average molecular weight is 205 g/mol. The van der Waals surface area contributed by atoms with E-state index < -0.39 is 0 Å². The van der Waals surface area contributed by atoms with E-state index in [0.717, 1.165) is 30.9 Å². The van der Waals surface area contributed by atoms with E-state index in [-0.39, 0.29) is 5.41 Å². The van der Waals surface area contributed by atoms with Gasteiger partial charge in [-0.25, -0.2) is 0 Å². The lowest BCUT2D eigenvalue weighted by molar-refractivity contribution is 0.343. The highest BCUT2D eigenvalue weighted by molar-refractivity contribution is 5.45. The zero-order valence-corrected chi connectivity index (χ0v) is 10.1. The molecule has 0 aliphatic carbocycles. The minimum absolute atomic E-state index is 0.288. The Hall–Kier alpha value is -1.05. The molecular weight excluding hydrogens is 186 g/mol. The van der Waals surface area contributed by atoms with Gasteiger partial charge in [-0.05, 0) is 18.8 Å². The monoisotopic (exact) mass is 205 g/mol. The summed E-state index contributed by atoms with van der Waals surface area (Å²) in [7, 11) is 0. The van der Waals surface area contributed by atoms with Crippen LogP contribution in [0.25, 0.3) is 0 Å². The first-order valence-electron chi connectivity index (χ1n) is 5.57. The Morgan fingerprint density at radius 3 is 2.80 bits per heavy atom. The maximum atomic E-state index is 5.72. The number of ether oxygens (including phenoxy) is 1. The van der Waals surface area contributed by atoms with E-state index in [9.17, 15) is 0 Å². The molecule has 15 heavy (non-hydrogen) atoms. The van der Waals surface area contributed by atoms with Crippen molar-refractivity contribution in [1.29, 1.82) is 0 Å².